The summed E-state index contributed by atoms with van der Waals surface area (Å²) in [6, 6.07) is 9.60. The monoisotopic (exact) mass is 551 g/mol. The second kappa shape index (κ2) is 19.3. The van der Waals surface area contributed by atoms with E-state index < -0.39 is 16.7 Å². The fourth-order valence-electron chi connectivity index (χ4n) is 3.77. The molecule has 0 saturated heterocycles. The van der Waals surface area contributed by atoms with Gasteiger partial charge in [0.2, 0.25) is 0 Å². The van der Waals surface area contributed by atoms with Crippen molar-refractivity contribution >= 4 is 11.9 Å². The van der Waals surface area contributed by atoms with Crippen molar-refractivity contribution < 1.29 is 41.1 Å². The van der Waals surface area contributed by atoms with E-state index in [9.17, 15) is 9.59 Å². The molecule has 0 N–H and O–H groups in total. The van der Waals surface area contributed by atoms with E-state index in [1.54, 1.807) is 13.8 Å². The largest absolute Gasteiger partial charge is 1.00 e. The Morgan fingerprint density at radius 3 is 1.51 bits per heavy atom. The summed E-state index contributed by atoms with van der Waals surface area (Å²) in [6.45, 7) is 13.4. The van der Waals surface area contributed by atoms with Gasteiger partial charge in [-0.1, -0.05) is 115 Å². The summed E-state index contributed by atoms with van der Waals surface area (Å²) < 4.78 is 0. The number of carbonyl (C=O) groups excluding carboxylic acids is 2. The quantitative estimate of drug-likeness (QED) is 0.107. The van der Waals surface area contributed by atoms with Gasteiger partial charge in [0.1, 0.15) is 0 Å². The Hall–Kier alpha value is -1.92. The van der Waals surface area contributed by atoms with Crippen molar-refractivity contribution in [1.29, 1.82) is 0 Å². The van der Waals surface area contributed by atoms with E-state index in [2.05, 4.69) is 20.1 Å². The van der Waals surface area contributed by atoms with E-state index in [-0.39, 0.29) is 34.7 Å². The van der Waals surface area contributed by atoms with Crippen molar-refractivity contribution in [1.82, 2.24) is 0 Å². The maximum atomic E-state index is 12.5. The Morgan fingerprint density at radius 1 is 0.714 bits per heavy atom. The summed E-state index contributed by atoms with van der Waals surface area (Å²) in [5.74, 6) is -1.16. The molecular formula is C29H46BrNO4. The molecule has 0 radical (unpaired) electrons. The first-order chi connectivity index (χ1) is 16.3. The van der Waals surface area contributed by atoms with Gasteiger partial charge in [0, 0.05) is 23.1 Å². The highest BCUT2D eigenvalue weighted by molar-refractivity contribution is 5.87. The third-order valence-electron chi connectivity index (χ3n) is 5.81. The summed E-state index contributed by atoms with van der Waals surface area (Å²) in [6.07, 6.45) is 14.7. The predicted molar refractivity (Wildman–Crippen MR) is 138 cm³/mol. The average molecular weight is 553 g/mol. The van der Waals surface area contributed by atoms with E-state index in [1.165, 1.54) is 57.8 Å². The molecule has 0 aliphatic heterocycles. The lowest BCUT2D eigenvalue weighted by atomic mass is 10.1. The van der Waals surface area contributed by atoms with Gasteiger partial charge in [-0.3, -0.25) is 0 Å². The van der Waals surface area contributed by atoms with Gasteiger partial charge in [0.25, 0.3) is 0 Å². The summed E-state index contributed by atoms with van der Waals surface area (Å²) in [7, 11) is 0. The highest BCUT2D eigenvalue weighted by Crippen LogP contribution is 2.22. The summed E-state index contributed by atoms with van der Waals surface area (Å²) >= 11 is 0. The Balaban J connectivity index is 0.0000116. The summed E-state index contributed by atoms with van der Waals surface area (Å²) in [4.78, 5) is 35.9. The van der Waals surface area contributed by atoms with E-state index >= 15 is 0 Å². The third-order valence-corrected chi connectivity index (χ3v) is 5.81. The lowest BCUT2D eigenvalue weighted by molar-refractivity contribution is -1.23. The van der Waals surface area contributed by atoms with Crippen LogP contribution in [0, 0.1) is 0 Å². The van der Waals surface area contributed by atoms with E-state index in [4.69, 9.17) is 9.68 Å². The molecule has 0 aromatic heterocycles. The van der Waals surface area contributed by atoms with E-state index in [0.29, 0.717) is 6.54 Å². The van der Waals surface area contributed by atoms with Crippen LogP contribution in [0.15, 0.2) is 54.6 Å². The second-order valence-corrected chi connectivity index (χ2v) is 9.39. The van der Waals surface area contributed by atoms with Gasteiger partial charge in [-0.25, -0.2) is 19.3 Å². The minimum Gasteiger partial charge on any atom is -1.00 e. The molecule has 0 unspecified atom stereocenters. The van der Waals surface area contributed by atoms with Crippen LogP contribution < -0.4 is 17.0 Å². The summed E-state index contributed by atoms with van der Waals surface area (Å²) in [5, 5.41) is 0. The smallest absolute Gasteiger partial charge is 0.398 e. The van der Waals surface area contributed by atoms with Crippen molar-refractivity contribution in [2.45, 2.75) is 104 Å². The molecular weight excluding hydrogens is 506 g/mol. The highest BCUT2D eigenvalue weighted by atomic mass is 79.9. The van der Waals surface area contributed by atoms with Crippen LogP contribution in [0.2, 0.25) is 0 Å². The second-order valence-electron chi connectivity index (χ2n) is 9.39. The van der Waals surface area contributed by atoms with Gasteiger partial charge in [-0.2, -0.15) is 0 Å². The zero-order chi connectivity index (χ0) is 25.2. The molecule has 5 nitrogen and oxygen atoms in total. The fraction of sp³-hybridized carbons (Fsp3) is 0.586. The molecule has 1 aromatic rings. The van der Waals surface area contributed by atoms with E-state index in [1.807, 2.05) is 30.3 Å². The number of nitrogens with zero attached hydrogens (tertiary/aromatic N) is 1. The average Bonchev–Trinajstić information content (AvgIpc) is 2.80. The van der Waals surface area contributed by atoms with Crippen molar-refractivity contribution in [3.05, 3.63) is 60.2 Å². The number of unbranched alkanes of at least 4 members (excludes halogenated alkanes) is 11. The Kier molecular flexibility index (Phi) is 18.2. The van der Waals surface area contributed by atoms with Crippen LogP contribution >= 0.6 is 0 Å². The summed E-state index contributed by atoms with van der Waals surface area (Å²) in [5.41, 5.74) is 1.43. The molecule has 35 heavy (non-hydrogen) atoms. The van der Waals surface area contributed by atoms with Crippen LogP contribution in [0.4, 0.5) is 0 Å². The van der Waals surface area contributed by atoms with Crippen LogP contribution in [-0.2, 0) is 25.8 Å². The number of hydrogen-bond acceptors (Lipinski definition) is 4. The van der Waals surface area contributed by atoms with Crippen molar-refractivity contribution in [2.24, 2.45) is 0 Å². The Labute approximate surface area is 223 Å². The molecule has 0 fully saturated rings. The first-order valence-corrected chi connectivity index (χ1v) is 13.0. The molecule has 1 rings (SSSR count). The minimum absolute atomic E-state index is 0. The number of carbonyl (C=O) groups is 2. The number of benzene rings is 1. The number of rotatable bonds is 19. The maximum Gasteiger partial charge on any atom is 0.398 e. The van der Waals surface area contributed by atoms with Gasteiger partial charge in [-0.05, 0) is 20.3 Å². The third kappa shape index (κ3) is 14.9. The van der Waals surface area contributed by atoms with Gasteiger partial charge >= 0.3 is 11.9 Å². The molecule has 0 bridgehead atoms. The fourth-order valence-corrected chi connectivity index (χ4v) is 3.77. The molecule has 6 heteroatoms. The molecule has 0 heterocycles. The number of hydrogen-bond donors (Lipinski definition) is 0. The lowest BCUT2D eigenvalue weighted by Crippen LogP contribution is -3.00. The predicted octanol–water partition coefficient (Wildman–Crippen LogP) is 4.78. The zero-order valence-corrected chi connectivity index (χ0v) is 23.7. The van der Waals surface area contributed by atoms with Crippen molar-refractivity contribution in [2.75, 3.05) is 6.54 Å². The number of hydroxylamine groups is 4. The molecule has 1 aromatic carbocycles. The van der Waals surface area contributed by atoms with E-state index in [0.717, 1.165) is 24.8 Å². The first-order valence-electron chi connectivity index (χ1n) is 13.0. The molecule has 0 spiro atoms. The number of halogens is 1. The first kappa shape index (κ1) is 33.1. The molecule has 0 aliphatic rings. The zero-order valence-electron chi connectivity index (χ0n) is 22.2. The molecule has 0 aliphatic carbocycles. The topological polar surface area (TPSA) is 52.6 Å². The van der Waals surface area contributed by atoms with Crippen LogP contribution in [0.1, 0.15) is 103 Å². The molecule has 0 atom stereocenters. The van der Waals surface area contributed by atoms with Gasteiger partial charge in [0.15, 0.2) is 13.1 Å². The number of quaternary nitrogens is 1. The standard InChI is InChI=1S/C29H46NO4.BrH/c1-6-7-8-9-10-11-12-13-14-15-16-20-23-30(33-28(31)25(2)3,34-29(32)26(4)5)24-27-21-18-17-19-22-27;/h17-19,21-22H,2,4,6-16,20,23-24H2,1,3,5H3;1H/q+1;/p-1. The molecule has 0 amide bonds. The lowest BCUT2D eigenvalue weighted by Gasteiger charge is -2.31. The SMILES string of the molecule is C=C(C)C(=O)O[N+](CCCCCCCCCCCCCC)(Cc1ccccc1)OC(=O)C(=C)C.[Br-]. The van der Waals surface area contributed by atoms with Gasteiger partial charge in [0.05, 0.1) is 4.81 Å². The van der Waals surface area contributed by atoms with Crippen LogP contribution in [-0.4, -0.2) is 23.3 Å². The minimum atomic E-state index is -0.579. The molecule has 0 saturated carbocycles. The van der Waals surface area contributed by atoms with Crippen LogP contribution in [0.25, 0.3) is 0 Å². The van der Waals surface area contributed by atoms with Gasteiger partial charge in [-0.15, -0.1) is 0 Å². The van der Waals surface area contributed by atoms with Crippen molar-refractivity contribution in [3.8, 4) is 0 Å². The van der Waals surface area contributed by atoms with Crippen LogP contribution in [0.3, 0.4) is 0 Å². The normalized spacial score (nSPS) is 10.8. The Morgan fingerprint density at radius 2 is 1.11 bits per heavy atom. The van der Waals surface area contributed by atoms with Crippen LogP contribution in [0.5, 0.6) is 0 Å². The van der Waals surface area contributed by atoms with Crippen molar-refractivity contribution in [3.63, 3.8) is 0 Å². The van der Waals surface area contributed by atoms with Gasteiger partial charge < -0.3 is 17.0 Å². The highest BCUT2D eigenvalue weighted by Gasteiger charge is 2.39. The molecule has 198 valence electrons. The Bertz CT molecular complexity index is 735. The maximum absolute atomic E-state index is 12.5.